The Hall–Kier alpha value is -0.120. The Bertz CT molecular complexity index is 254. The fourth-order valence-electron chi connectivity index (χ4n) is 3.51. The van der Waals surface area contributed by atoms with Gasteiger partial charge in [-0.25, -0.2) is 0 Å². The third-order valence-corrected chi connectivity index (χ3v) is 4.54. The fourth-order valence-corrected chi connectivity index (χ4v) is 3.51. The predicted molar refractivity (Wildman–Crippen MR) is 82.5 cm³/mol. The third kappa shape index (κ3) is 5.05. The van der Waals surface area contributed by atoms with Gasteiger partial charge in [-0.1, -0.05) is 27.2 Å². The molecule has 0 saturated carbocycles. The van der Waals surface area contributed by atoms with E-state index >= 15 is 0 Å². The summed E-state index contributed by atoms with van der Waals surface area (Å²) < 4.78 is 0. The van der Waals surface area contributed by atoms with E-state index < -0.39 is 0 Å². The number of nitrogens with one attached hydrogen (secondary N) is 1. The number of fused-ring (bicyclic) bond motifs is 1. The second-order valence-electron chi connectivity index (χ2n) is 7.10. The van der Waals surface area contributed by atoms with Crippen LogP contribution in [0.2, 0.25) is 0 Å². The van der Waals surface area contributed by atoms with E-state index in [0.717, 1.165) is 24.4 Å². The molecule has 2 atom stereocenters. The van der Waals surface area contributed by atoms with Crippen LogP contribution in [0.5, 0.6) is 0 Å². The van der Waals surface area contributed by atoms with Crippen LogP contribution in [0.1, 0.15) is 40.0 Å². The maximum atomic E-state index is 3.59. The van der Waals surface area contributed by atoms with Crippen LogP contribution in [0.25, 0.3) is 0 Å². The Morgan fingerprint density at radius 3 is 2.68 bits per heavy atom. The minimum absolute atomic E-state index is 0.762. The van der Waals surface area contributed by atoms with Crippen molar-refractivity contribution in [3.05, 3.63) is 0 Å². The largest absolute Gasteiger partial charge is 0.316 e. The van der Waals surface area contributed by atoms with Crippen molar-refractivity contribution in [3.8, 4) is 0 Å². The van der Waals surface area contributed by atoms with Crippen LogP contribution >= 0.6 is 0 Å². The van der Waals surface area contributed by atoms with Gasteiger partial charge in [-0.2, -0.15) is 0 Å². The van der Waals surface area contributed by atoms with Crippen LogP contribution in [0, 0.1) is 11.8 Å². The van der Waals surface area contributed by atoms with Crippen LogP contribution < -0.4 is 5.32 Å². The van der Waals surface area contributed by atoms with E-state index in [4.69, 9.17) is 0 Å². The summed E-state index contributed by atoms with van der Waals surface area (Å²) in [5.74, 6) is 1.53. The Morgan fingerprint density at radius 1 is 1.05 bits per heavy atom. The van der Waals surface area contributed by atoms with Crippen molar-refractivity contribution in [3.63, 3.8) is 0 Å². The average molecular weight is 267 g/mol. The van der Waals surface area contributed by atoms with Crippen LogP contribution in [-0.4, -0.2) is 61.7 Å². The zero-order chi connectivity index (χ0) is 13.7. The number of rotatable bonds is 6. The van der Waals surface area contributed by atoms with Crippen molar-refractivity contribution in [1.29, 1.82) is 0 Å². The number of hydrogen-bond acceptors (Lipinski definition) is 3. The quantitative estimate of drug-likeness (QED) is 0.794. The summed E-state index contributed by atoms with van der Waals surface area (Å²) in [6, 6.07) is 0.860. The molecule has 1 N–H and O–H groups in total. The first-order valence-corrected chi connectivity index (χ1v) is 8.32. The molecule has 112 valence electrons. The maximum Gasteiger partial charge on any atom is 0.0223 e. The molecule has 2 rings (SSSR count). The van der Waals surface area contributed by atoms with Gasteiger partial charge in [0.05, 0.1) is 0 Å². The molecule has 2 aliphatic heterocycles. The lowest BCUT2D eigenvalue weighted by atomic mass is 9.99. The number of piperidine rings is 1. The summed E-state index contributed by atoms with van der Waals surface area (Å²) in [5.41, 5.74) is 0. The lowest BCUT2D eigenvalue weighted by molar-refractivity contribution is 0.0429. The smallest absolute Gasteiger partial charge is 0.0223 e. The van der Waals surface area contributed by atoms with Gasteiger partial charge in [0.2, 0.25) is 0 Å². The summed E-state index contributed by atoms with van der Waals surface area (Å²) >= 11 is 0. The molecule has 0 aromatic heterocycles. The first-order valence-electron chi connectivity index (χ1n) is 8.32. The summed E-state index contributed by atoms with van der Waals surface area (Å²) in [7, 11) is 0. The second-order valence-corrected chi connectivity index (χ2v) is 7.10. The normalized spacial score (nSPS) is 27.5. The van der Waals surface area contributed by atoms with Crippen molar-refractivity contribution in [2.24, 2.45) is 11.8 Å². The summed E-state index contributed by atoms with van der Waals surface area (Å²) in [5, 5.41) is 3.59. The molecule has 3 nitrogen and oxygen atoms in total. The fraction of sp³-hybridized carbons (Fsp3) is 1.00. The summed E-state index contributed by atoms with van der Waals surface area (Å²) in [6.45, 7) is 15.8. The SMILES string of the molecule is CC(C)CNCC(C)CN1CCN2CCCCC2C1. The van der Waals surface area contributed by atoms with Gasteiger partial charge in [0, 0.05) is 32.2 Å². The molecule has 2 heterocycles. The molecule has 0 bridgehead atoms. The van der Waals surface area contributed by atoms with E-state index in [0.29, 0.717) is 0 Å². The minimum Gasteiger partial charge on any atom is -0.316 e. The third-order valence-electron chi connectivity index (χ3n) is 4.54. The van der Waals surface area contributed by atoms with Gasteiger partial charge in [-0.05, 0) is 44.3 Å². The zero-order valence-electron chi connectivity index (χ0n) is 13.2. The van der Waals surface area contributed by atoms with Crippen molar-refractivity contribution < 1.29 is 0 Å². The molecule has 2 saturated heterocycles. The van der Waals surface area contributed by atoms with E-state index in [-0.39, 0.29) is 0 Å². The van der Waals surface area contributed by atoms with Crippen LogP contribution in [0.15, 0.2) is 0 Å². The van der Waals surface area contributed by atoms with E-state index in [1.54, 1.807) is 0 Å². The van der Waals surface area contributed by atoms with Gasteiger partial charge in [0.1, 0.15) is 0 Å². The summed E-state index contributed by atoms with van der Waals surface area (Å²) in [4.78, 5) is 5.43. The monoisotopic (exact) mass is 267 g/mol. The molecule has 3 heteroatoms. The number of piperazine rings is 1. The Labute approximate surface area is 119 Å². The van der Waals surface area contributed by atoms with Gasteiger partial charge >= 0.3 is 0 Å². The van der Waals surface area contributed by atoms with Gasteiger partial charge in [0.15, 0.2) is 0 Å². The first kappa shape index (κ1) is 15.3. The van der Waals surface area contributed by atoms with Crippen molar-refractivity contribution in [1.82, 2.24) is 15.1 Å². The Kier molecular flexibility index (Phi) is 6.11. The molecule has 19 heavy (non-hydrogen) atoms. The molecule has 0 amide bonds. The van der Waals surface area contributed by atoms with Crippen molar-refractivity contribution in [2.75, 3.05) is 45.8 Å². The van der Waals surface area contributed by atoms with Crippen molar-refractivity contribution >= 4 is 0 Å². The molecular weight excluding hydrogens is 234 g/mol. The molecule has 0 aromatic carbocycles. The standard InChI is InChI=1S/C16H33N3/c1-14(2)10-17-11-15(3)12-18-8-9-19-7-5-4-6-16(19)13-18/h14-17H,4-13H2,1-3H3. The molecule has 0 aliphatic carbocycles. The number of nitrogens with zero attached hydrogens (tertiary/aromatic N) is 2. The summed E-state index contributed by atoms with van der Waals surface area (Å²) in [6.07, 6.45) is 4.29. The van der Waals surface area contributed by atoms with E-state index in [1.165, 1.54) is 58.5 Å². The van der Waals surface area contributed by atoms with E-state index in [1.807, 2.05) is 0 Å². The molecular formula is C16H33N3. The maximum absolute atomic E-state index is 3.59. The highest BCUT2D eigenvalue weighted by atomic mass is 15.3. The highest BCUT2D eigenvalue weighted by Crippen LogP contribution is 2.21. The zero-order valence-corrected chi connectivity index (χ0v) is 13.2. The van der Waals surface area contributed by atoms with Gasteiger partial charge < -0.3 is 10.2 Å². The second kappa shape index (κ2) is 7.61. The van der Waals surface area contributed by atoms with E-state index in [2.05, 4.69) is 35.9 Å². The molecule has 0 aromatic rings. The van der Waals surface area contributed by atoms with E-state index in [9.17, 15) is 0 Å². The van der Waals surface area contributed by atoms with Gasteiger partial charge in [-0.3, -0.25) is 4.90 Å². The molecule has 2 aliphatic rings. The Morgan fingerprint density at radius 2 is 1.89 bits per heavy atom. The topological polar surface area (TPSA) is 18.5 Å². The first-order chi connectivity index (χ1) is 9.15. The molecule has 0 radical (unpaired) electrons. The average Bonchev–Trinajstić information content (AvgIpc) is 2.38. The molecule has 2 fully saturated rings. The number of hydrogen-bond donors (Lipinski definition) is 1. The van der Waals surface area contributed by atoms with Gasteiger partial charge in [0.25, 0.3) is 0 Å². The lowest BCUT2D eigenvalue weighted by Gasteiger charge is -2.44. The minimum atomic E-state index is 0.762. The molecule has 0 spiro atoms. The molecule has 2 unspecified atom stereocenters. The van der Waals surface area contributed by atoms with Crippen LogP contribution in [-0.2, 0) is 0 Å². The van der Waals surface area contributed by atoms with Crippen LogP contribution in [0.3, 0.4) is 0 Å². The Balaban J connectivity index is 1.65. The highest BCUT2D eigenvalue weighted by Gasteiger charge is 2.29. The lowest BCUT2D eigenvalue weighted by Crippen LogP contribution is -2.55. The highest BCUT2D eigenvalue weighted by molar-refractivity contribution is 4.85. The van der Waals surface area contributed by atoms with Crippen LogP contribution in [0.4, 0.5) is 0 Å². The van der Waals surface area contributed by atoms with Gasteiger partial charge in [-0.15, -0.1) is 0 Å². The van der Waals surface area contributed by atoms with Crippen molar-refractivity contribution in [2.45, 2.75) is 46.1 Å². The predicted octanol–water partition coefficient (Wildman–Crippen LogP) is 2.04.